The van der Waals surface area contributed by atoms with E-state index in [1.807, 2.05) is 30.3 Å². The number of carbonyl (C=O) groups excluding carboxylic acids is 2. The van der Waals surface area contributed by atoms with Crippen LogP contribution in [0, 0.1) is 0 Å². The number of pyridine rings is 1. The van der Waals surface area contributed by atoms with Crippen molar-refractivity contribution in [2.24, 2.45) is 0 Å². The first-order chi connectivity index (χ1) is 14.9. The average molecular weight is 414 g/mol. The minimum atomic E-state index is -1.30. The second kappa shape index (κ2) is 8.07. The zero-order valence-electron chi connectivity index (χ0n) is 17.5. The molecule has 0 aliphatic rings. The van der Waals surface area contributed by atoms with Gasteiger partial charge in [0.1, 0.15) is 11.3 Å². The quantitative estimate of drug-likeness (QED) is 0.429. The number of carbonyl (C=O) groups is 2. The lowest BCUT2D eigenvalue weighted by atomic mass is 9.80. The number of hydrogen-bond acceptors (Lipinski definition) is 6. The fourth-order valence-electron chi connectivity index (χ4n) is 3.72. The van der Waals surface area contributed by atoms with Crippen LogP contribution in [0.1, 0.15) is 35.3 Å². The average Bonchev–Trinajstić information content (AvgIpc) is 3.19. The Hall–Kier alpha value is -3.93. The van der Waals surface area contributed by atoms with E-state index in [-0.39, 0.29) is 11.6 Å². The number of methoxy groups -OCH3 is 1. The molecule has 0 fully saturated rings. The van der Waals surface area contributed by atoms with Gasteiger partial charge >= 0.3 is 0 Å². The van der Waals surface area contributed by atoms with Crippen LogP contribution in [0.4, 0.5) is 5.88 Å². The van der Waals surface area contributed by atoms with E-state index >= 15 is 0 Å². The summed E-state index contributed by atoms with van der Waals surface area (Å²) in [6.45, 7) is 3.01. The third-order valence-corrected chi connectivity index (χ3v) is 5.37. The molecule has 31 heavy (non-hydrogen) atoms. The van der Waals surface area contributed by atoms with Crippen LogP contribution >= 0.6 is 0 Å². The fraction of sp³-hybridized carbons (Fsp3) is 0.160. The SMILES string of the molecule is COc1cncc(C(Nc2cc3ccccc3o2)(C(C)=O)c2ccc(C(C)=O)cc2)c1. The Morgan fingerprint density at radius 1 is 0.968 bits per heavy atom. The van der Waals surface area contributed by atoms with Crippen molar-refractivity contribution in [1.82, 2.24) is 4.98 Å². The van der Waals surface area contributed by atoms with Crippen LogP contribution in [0.5, 0.6) is 5.75 Å². The van der Waals surface area contributed by atoms with Gasteiger partial charge in [0.2, 0.25) is 0 Å². The lowest BCUT2D eigenvalue weighted by Gasteiger charge is -2.33. The van der Waals surface area contributed by atoms with E-state index in [1.165, 1.54) is 13.8 Å². The van der Waals surface area contributed by atoms with Crippen LogP contribution in [0.2, 0.25) is 0 Å². The first-order valence-corrected chi connectivity index (χ1v) is 9.83. The molecule has 0 bridgehead atoms. The Labute approximate surface area is 179 Å². The topological polar surface area (TPSA) is 81.4 Å². The number of anilines is 1. The molecule has 6 nitrogen and oxygen atoms in total. The molecule has 2 heterocycles. The number of aromatic nitrogens is 1. The van der Waals surface area contributed by atoms with Gasteiger partial charge in [0.05, 0.1) is 13.3 Å². The standard InChI is InChI=1S/C25H22N2O4/c1-16(28)18-8-10-20(11-9-18)25(17(2)29,21-13-22(30-3)15-26-14-21)27-24-12-19-6-4-5-7-23(19)31-24/h4-15,27H,1-3H3. The van der Waals surface area contributed by atoms with Crippen molar-refractivity contribution in [2.75, 3.05) is 12.4 Å². The number of rotatable bonds is 7. The number of nitrogens with one attached hydrogen (secondary N) is 1. The van der Waals surface area contributed by atoms with Crippen LogP contribution in [0.15, 0.2) is 77.5 Å². The van der Waals surface area contributed by atoms with Gasteiger partial charge in [0.25, 0.3) is 0 Å². The molecule has 0 radical (unpaired) electrons. The van der Waals surface area contributed by atoms with Gasteiger partial charge in [-0.05, 0) is 31.5 Å². The summed E-state index contributed by atoms with van der Waals surface area (Å²) < 4.78 is 11.3. The molecule has 4 rings (SSSR count). The van der Waals surface area contributed by atoms with Crippen molar-refractivity contribution in [3.8, 4) is 5.75 Å². The lowest BCUT2D eigenvalue weighted by Crippen LogP contribution is -2.43. The molecular weight excluding hydrogens is 392 g/mol. The van der Waals surface area contributed by atoms with Crippen LogP contribution in [-0.4, -0.2) is 23.7 Å². The van der Waals surface area contributed by atoms with Gasteiger partial charge in [-0.2, -0.15) is 0 Å². The first-order valence-electron chi connectivity index (χ1n) is 9.83. The van der Waals surface area contributed by atoms with Crippen molar-refractivity contribution in [3.63, 3.8) is 0 Å². The molecule has 0 amide bonds. The minimum absolute atomic E-state index is 0.0479. The van der Waals surface area contributed by atoms with Gasteiger partial charge in [-0.1, -0.05) is 42.5 Å². The van der Waals surface area contributed by atoms with Gasteiger partial charge in [0, 0.05) is 28.8 Å². The number of ether oxygens (including phenoxy) is 1. The second-order valence-corrected chi connectivity index (χ2v) is 7.33. The summed E-state index contributed by atoms with van der Waals surface area (Å²) in [5.41, 5.74) is 1.22. The highest BCUT2D eigenvalue weighted by Gasteiger charge is 2.41. The zero-order chi connectivity index (χ0) is 22.0. The molecule has 0 saturated heterocycles. The van der Waals surface area contributed by atoms with Gasteiger partial charge in [-0.25, -0.2) is 0 Å². The lowest BCUT2D eigenvalue weighted by molar-refractivity contribution is -0.120. The number of para-hydroxylation sites is 1. The van der Waals surface area contributed by atoms with E-state index in [0.717, 1.165) is 5.39 Å². The van der Waals surface area contributed by atoms with Gasteiger partial charge < -0.3 is 14.5 Å². The van der Waals surface area contributed by atoms with Gasteiger partial charge in [-0.15, -0.1) is 0 Å². The number of ketones is 2. The summed E-state index contributed by atoms with van der Waals surface area (Å²) in [4.78, 5) is 29.3. The van der Waals surface area contributed by atoms with Crippen molar-refractivity contribution < 1.29 is 18.7 Å². The maximum atomic E-state index is 13.3. The summed E-state index contributed by atoms with van der Waals surface area (Å²) in [5, 5.41) is 4.23. The highest BCUT2D eigenvalue weighted by atomic mass is 16.5. The maximum absolute atomic E-state index is 13.3. The van der Waals surface area contributed by atoms with Gasteiger partial charge in [-0.3, -0.25) is 14.6 Å². The molecule has 0 saturated carbocycles. The first kappa shape index (κ1) is 20.3. The predicted molar refractivity (Wildman–Crippen MR) is 119 cm³/mol. The molecule has 2 aromatic heterocycles. The fourth-order valence-corrected chi connectivity index (χ4v) is 3.72. The molecule has 156 valence electrons. The summed E-state index contributed by atoms with van der Waals surface area (Å²) in [6.07, 6.45) is 3.20. The van der Waals surface area contributed by atoms with Crippen molar-refractivity contribution >= 4 is 28.4 Å². The number of benzene rings is 2. The number of furan rings is 1. The number of fused-ring (bicyclic) bond motifs is 1. The molecule has 2 aromatic carbocycles. The number of nitrogens with zero attached hydrogens (tertiary/aromatic N) is 1. The van der Waals surface area contributed by atoms with Gasteiger partial charge in [0.15, 0.2) is 23.0 Å². The summed E-state index contributed by atoms with van der Waals surface area (Å²) in [6, 6.07) is 18.2. The highest BCUT2D eigenvalue weighted by molar-refractivity contribution is 5.96. The molecule has 4 aromatic rings. The van der Waals surface area contributed by atoms with Crippen molar-refractivity contribution in [1.29, 1.82) is 0 Å². The van der Waals surface area contributed by atoms with E-state index in [1.54, 1.807) is 49.8 Å². The van der Waals surface area contributed by atoms with Crippen LogP contribution in [0.25, 0.3) is 11.0 Å². The molecule has 1 atom stereocenters. The van der Waals surface area contributed by atoms with E-state index in [0.29, 0.717) is 33.9 Å². The molecular formula is C25H22N2O4. The van der Waals surface area contributed by atoms with E-state index in [4.69, 9.17) is 9.15 Å². The Bertz CT molecular complexity index is 1230. The molecule has 1 unspecified atom stereocenters. The molecule has 0 spiro atoms. The summed E-state index contributed by atoms with van der Waals surface area (Å²) in [7, 11) is 1.55. The van der Waals surface area contributed by atoms with Crippen molar-refractivity contribution in [2.45, 2.75) is 19.4 Å². The van der Waals surface area contributed by atoms with Crippen LogP contribution < -0.4 is 10.1 Å². The highest BCUT2D eigenvalue weighted by Crippen LogP contribution is 2.37. The van der Waals surface area contributed by atoms with Crippen LogP contribution in [0.3, 0.4) is 0 Å². The second-order valence-electron chi connectivity index (χ2n) is 7.33. The molecule has 0 aliphatic heterocycles. The Morgan fingerprint density at radius 2 is 1.71 bits per heavy atom. The third-order valence-electron chi connectivity index (χ3n) is 5.37. The minimum Gasteiger partial charge on any atom is -0.495 e. The van der Waals surface area contributed by atoms with E-state index < -0.39 is 5.54 Å². The number of Topliss-reactive ketones (excluding diaryl/α,β-unsaturated/α-hetero) is 2. The monoisotopic (exact) mass is 414 g/mol. The van der Waals surface area contributed by atoms with Crippen molar-refractivity contribution in [3.05, 3.63) is 89.7 Å². The number of hydrogen-bond donors (Lipinski definition) is 1. The molecule has 6 heteroatoms. The Kier molecular flexibility index (Phi) is 5.29. The normalized spacial score (nSPS) is 12.9. The van der Waals surface area contributed by atoms with Crippen LogP contribution in [-0.2, 0) is 10.3 Å². The maximum Gasteiger partial charge on any atom is 0.195 e. The zero-order valence-corrected chi connectivity index (χ0v) is 17.5. The Morgan fingerprint density at radius 3 is 2.35 bits per heavy atom. The Balaban J connectivity index is 1.92. The summed E-state index contributed by atoms with van der Waals surface area (Å²) in [5.74, 6) is 0.747. The largest absolute Gasteiger partial charge is 0.495 e. The molecule has 0 aliphatic carbocycles. The predicted octanol–water partition coefficient (Wildman–Crippen LogP) is 4.98. The summed E-state index contributed by atoms with van der Waals surface area (Å²) >= 11 is 0. The van der Waals surface area contributed by atoms with E-state index in [9.17, 15) is 9.59 Å². The smallest absolute Gasteiger partial charge is 0.195 e. The van der Waals surface area contributed by atoms with E-state index in [2.05, 4.69) is 10.3 Å². The third kappa shape index (κ3) is 3.68. The molecule has 1 N–H and O–H groups in total.